The van der Waals surface area contributed by atoms with Gasteiger partial charge in [-0.05, 0) is 24.3 Å². The molecule has 5 heteroatoms. The number of carbonyl (C=O) groups is 1. The summed E-state index contributed by atoms with van der Waals surface area (Å²) in [5, 5.41) is 5.78. The number of rotatable bonds is 2. The molecule has 1 aromatic rings. The number of piperazine rings is 1. The van der Waals surface area contributed by atoms with Gasteiger partial charge in [0.05, 0.1) is 0 Å². The van der Waals surface area contributed by atoms with Gasteiger partial charge in [-0.1, -0.05) is 0 Å². The smallest absolute Gasteiger partial charge is 0.238 e. The molecule has 0 saturated carbocycles. The summed E-state index contributed by atoms with van der Waals surface area (Å²) in [7, 11) is 1.63. The zero-order chi connectivity index (χ0) is 12.3. The third-order valence-electron chi connectivity index (χ3n) is 2.93. The van der Waals surface area contributed by atoms with Crippen LogP contribution in [-0.2, 0) is 4.79 Å². The minimum atomic E-state index is -0.244. The Hall–Kier alpha value is -1.62. The number of hydrogen-bond acceptors (Lipinski definition) is 3. The van der Waals surface area contributed by atoms with Gasteiger partial charge in [-0.2, -0.15) is 0 Å². The van der Waals surface area contributed by atoms with Crippen molar-refractivity contribution in [1.82, 2.24) is 10.6 Å². The second kappa shape index (κ2) is 5.14. The number of nitrogens with one attached hydrogen (secondary N) is 2. The van der Waals surface area contributed by atoms with Gasteiger partial charge in [0.2, 0.25) is 5.91 Å². The largest absolute Gasteiger partial charge is 0.368 e. The van der Waals surface area contributed by atoms with E-state index in [-0.39, 0.29) is 17.8 Å². The molecule has 1 saturated heterocycles. The van der Waals surface area contributed by atoms with Crippen molar-refractivity contribution in [2.45, 2.75) is 6.04 Å². The highest BCUT2D eigenvalue weighted by atomic mass is 19.1. The number of anilines is 1. The lowest BCUT2D eigenvalue weighted by molar-refractivity contribution is -0.122. The van der Waals surface area contributed by atoms with Gasteiger partial charge in [0.1, 0.15) is 11.9 Å². The van der Waals surface area contributed by atoms with Crippen LogP contribution in [0.2, 0.25) is 0 Å². The number of hydrogen-bond donors (Lipinski definition) is 2. The van der Waals surface area contributed by atoms with E-state index in [0.717, 1.165) is 18.8 Å². The van der Waals surface area contributed by atoms with Gasteiger partial charge < -0.3 is 15.5 Å². The zero-order valence-electron chi connectivity index (χ0n) is 9.74. The predicted octanol–water partition coefficient (Wildman–Crippen LogP) is 0.350. The molecule has 1 unspecified atom stereocenters. The van der Waals surface area contributed by atoms with E-state index >= 15 is 0 Å². The maximum atomic E-state index is 12.8. The lowest BCUT2D eigenvalue weighted by atomic mass is 10.1. The molecule has 0 aliphatic carbocycles. The van der Waals surface area contributed by atoms with E-state index in [1.807, 2.05) is 0 Å². The highest BCUT2D eigenvalue weighted by molar-refractivity contribution is 5.82. The monoisotopic (exact) mass is 237 g/mol. The molecule has 1 aliphatic heterocycles. The Labute approximate surface area is 99.8 Å². The minimum Gasteiger partial charge on any atom is -0.368 e. The molecule has 0 bridgehead atoms. The van der Waals surface area contributed by atoms with Crippen LogP contribution in [-0.4, -0.2) is 38.6 Å². The van der Waals surface area contributed by atoms with E-state index in [4.69, 9.17) is 0 Å². The number of carbonyl (C=O) groups excluding carboxylic acids is 1. The SMILES string of the molecule is CNC(=O)C1CN(c2ccc(F)cc2)CCN1. The van der Waals surface area contributed by atoms with E-state index in [1.165, 1.54) is 12.1 Å². The molecule has 1 atom stereocenters. The lowest BCUT2D eigenvalue weighted by Gasteiger charge is -2.34. The summed E-state index contributed by atoms with van der Waals surface area (Å²) in [6.07, 6.45) is 0. The second-order valence-electron chi connectivity index (χ2n) is 4.04. The highest BCUT2D eigenvalue weighted by Gasteiger charge is 2.24. The topological polar surface area (TPSA) is 44.4 Å². The van der Waals surface area contributed by atoms with Crippen molar-refractivity contribution in [3.8, 4) is 0 Å². The fourth-order valence-corrected chi connectivity index (χ4v) is 1.99. The number of nitrogens with zero attached hydrogens (tertiary/aromatic N) is 1. The van der Waals surface area contributed by atoms with Gasteiger partial charge in [-0.3, -0.25) is 4.79 Å². The molecule has 4 nitrogen and oxygen atoms in total. The molecule has 1 heterocycles. The Morgan fingerprint density at radius 1 is 1.47 bits per heavy atom. The van der Waals surface area contributed by atoms with E-state index < -0.39 is 0 Å². The van der Waals surface area contributed by atoms with E-state index in [2.05, 4.69) is 15.5 Å². The molecule has 0 spiro atoms. The van der Waals surface area contributed by atoms with Gasteiger partial charge in [-0.15, -0.1) is 0 Å². The Morgan fingerprint density at radius 2 is 2.18 bits per heavy atom. The van der Waals surface area contributed by atoms with Crippen LogP contribution in [0.4, 0.5) is 10.1 Å². The molecule has 1 aromatic carbocycles. The summed E-state index contributed by atoms with van der Waals surface area (Å²) in [4.78, 5) is 13.6. The van der Waals surface area contributed by atoms with Crippen LogP contribution in [0.25, 0.3) is 0 Å². The first-order valence-electron chi connectivity index (χ1n) is 5.66. The second-order valence-corrected chi connectivity index (χ2v) is 4.04. The van der Waals surface area contributed by atoms with Crippen molar-refractivity contribution in [2.24, 2.45) is 0 Å². The van der Waals surface area contributed by atoms with Crippen LogP contribution >= 0.6 is 0 Å². The summed E-state index contributed by atoms with van der Waals surface area (Å²) in [5.74, 6) is -0.261. The van der Waals surface area contributed by atoms with Crippen LogP contribution in [0.1, 0.15) is 0 Å². The first-order valence-corrected chi connectivity index (χ1v) is 5.66. The Morgan fingerprint density at radius 3 is 2.82 bits per heavy atom. The van der Waals surface area contributed by atoms with Gasteiger partial charge in [0, 0.05) is 32.4 Å². The maximum Gasteiger partial charge on any atom is 0.238 e. The van der Waals surface area contributed by atoms with Gasteiger partial charge in [0.15, 0.2) is 0 Å². The van der Waals surface area contributed by atoms with Crippen molar-refractivity contribution in [3.63, 3.8) is 0 Å². The van der Waals surface area contributed by atoms with Crippen LogP contribution in [0.3, 0.4) is 0 Å². The van der Waals surface area contributed by atoms with E-state index in [1.54, 1.807) is 19.2 Å². The van der Waals surface area contributed by atoms with Crippen molar-refractivity contribution < 1.29 is 9.18 Å². The zero-order valence-corrected chi connectivity index (χ0v) is 9.74. The third kappa shape index (κ3) is 2.74. The molecule has 17 heavy (non-hydrogen) atoms. The molecule has 1 amide bonds. The summed E-state index contributed by atoms with van der Waals surface area (Å²) in [5.41, 5.74) is 0.946. The molecule has 2 rings (SSSR count). The number of amides is 1. The predicted molar refractivity (Wildman–Crippen MR) is 64.5 cm³/mol. The summed E-state index contributed by atoms with van der Waals surface area (Å²) in [6, 6.07) is 6.14. The maximum absolute atomic E-state index is 12.8. The number of benzene rings is 1. The first kappa shape index (κ1) is 11.9. The molecule has 0 aromatic heterocycles. The van der Waals surface area contributed by atoms with Gasteiger partial charge >= 0.3 is 0 Å². The molecular weight excluding hydrogens is 221 g/mol. The van der Waals surface area contributed by atoms with Crippen molar-refractivity contribution in [2.75, 3.05) is 31.6 Å². The van der Waals surface area contributed by atoms with Gasteiger partial charge in [-0.25, -0.2) is 4.39 Å². The van der Waals surface area contributed by atoms with E-state index in [0.29, 0.717) is 6.54 Å². The Bertz CT molecular complexity index is 393. The average Bonchev–Trinajstić information content (AvgIpc) is 2.39. The fraction of sp³-hybridized carbons (Fsp3) is 0.417. The normalized spacial score (nSPS) is 20.1. The van der Waals surface area contributed by atoms with Crippen LogP contribution < -0.4 is 15.5 Å². The Kier molecular flexibility index (Phi) is 3.58. The molecule has 1 fully saturated rings. The third-order valence-corrected chi connectivity index (χ3v) is 2.93. The van der Waals surface area contributed by atoms with Gasteiger partial charge in [0.25, 0.3) is 0 Å². The Balaban J connectivity index is 2.06. The summed E-state index contributed by atoms with van der Waals surface area (Å²) in [6.45, 7) is 2.17. The lowest BCUT2D eigenvalue weighted by Crippen LogP contribution is -2.56. The molecule has 2 N–H and O–H groups in total. The van der Waals surface area contributed by atoms with Crippen molar-refractivity contribution in [1.29, 1.82) is 0 Å². The molecular formula is C12H16FN3O. The molecule has 1 aliphatic rings. The van der Waals surface area contributed by atoms with Crippen molar-refractivity contribution >= 4 is 11.6 Å². The highest BCUT2D eigenvalue weighted by Crippen LogP contribution is 2.16. The molecule has 92 valence electrons. The fourth-order valence-electron chi connectivity index (χ4n) is 1.99. The standard InChI is InChI=1S/C12H16FN3O/c1-14-12(17)11-8-16(7-6-15-11)10-4-2-9(13)3-5-10/h2-5,11,15H,6-8H2,1H3,(H,14,17). The summed E-state index contributed by atoms with van der Waals surface area (Å²) < 4.78 is 12.8. The number of halogens is 1. The summed E-state index contributed by atoms with van der Waals surface area (Å²) >= 11 is 0. The van der Waals surface area contributed by atoms with Crippen LogP contribution in [0.15, 0.2) is 24.3 Å². The number of likely N-dealkylation sites (N-methyl/N-ethyl adjacent to an activating group) is 1. The minimum absolute atomic E-state index is 0.0168. The van der Waals surface area contributed by atoms with Crippen LogP contribution in [0, 0.1) is 5.82 Å². The molecule has 0 radical (unpaired) electrons. The quantitative estimate of drug-likeness (QED) is 0.780. The van der Waals surface area contributed by atoms with E-state index in [9.17, 15) is 9.18 Å². The first-order chi connectivity index (χ1) is 8.20. The van der Waals surface area contributed by atoms with Crippen LogP contribution in [0.5, 0.6) is 0 Å². The average molecular weight is 237 g/mol. The van der Waals surface area contributed by atoms with Crippen molar-refractivity contribution in [3.05, 3.63) is 30.1 Å².